The van der Waals surface area contributed by atoms with Gasteiger partial charge in [0.05, 0.1) is 0 Å². The molecule has 0 aliphatic heterocycles. The van der Waals surface area contributed by atoms with Crippen molar-refractivity contribution in [3.8, 4) is 17.1 Å². The third-order valence-corrected chi connectivity index (χ3v) is 2.20. The van der Waals surface area contributed by atoms with Crippen molar-refractivity contribution >= 4 is 6.09 Å². The van der Waals surface area contributed by atoms with E-state index in [2.05, 4.69) is 20.0 Å². The Labute approximate surface area is 110 Å². The molecule has 0 spiro atoms. The van der Waals surface area contributed by atoms with Crippen LogP contribution >= 0.6 is 0 Å². The molecule has 2 aromatic rings. The molecule has 0 saturated heterocycles. The minimum atomic E-state index is -4.69. The summed E-state index contributed by atoms with van der Waals surface area (Å²) >= 11 is 0. The number of ether oxygens (including phenoxy) is 1. The van der Waals surface area contributed by atoms with Gasteiger partial charge in [0.25, 0.3) is 0 Å². The van der Waals surface area contributed by atoms with Crippen LogP contribution in [-0.2, 0) is 6.18 Å². The van der Waals surface area contributed by atoms with Gasteiger partial charge in [-0.15, -0.1) is 0 Å². The van der Waals surface area contributed by atoms with Crippen molar-refractivity contribution in [2.45, 2.75) is 6.18 Å². The third-order valence-electron chi connectivity index (χ3n) is 2.20. The van der Waals surface area contributed by atoms with Crippen LogP contribution in [0.25, 0.3) is 11.4 Å². The van der Waals surface area contributed by atoms with Gasteiger partial charge in [0.2, 0.25) is 5.82 Å². The van der Waals surface area contributed by atoms with Gasteiger partial charge in [0.1, 0.15) is 5.75 Å². The summed E-state index contributed by atoms with van der Waals surface area (Å²) in [5.41, 5.74) is 0.300. The van der Waals surface area contributed by atoms with E-state index >= 15 is 0 Å². The Bertz CT molecular complexity index is 607. The number of carbonyl (C=O) groups excluding carboxylic acids is 1. The fourth-order valence-electron chi connectivity index (χ4n) is 1.29. The maximum atomic E-state index is 12.3. The molecule has 0 atom stereocenters. The molecule has 0 radical (unpaired) electrons. The first-order valence-corrected chi connectivity index (χ1v) is 5.31. The second-order valence-corrected chi connectivity index (χ2v) is 3.58. The molecule has 1 aromatic carbocycles. The summed E-state index contributed by atoms with van der Waals surface area (Å²) in [5, 5.41) is 5.49. The van der Waals surface area contributed by atoms with Gasteiger partial charge in [0, 0.05) is 12.6 Å². The standard InChI is InChI=1S/C11H8F3N3O3/c1-15-10(18)19-7-4-2-6(3-5-7)8-16-9(20-17-8)11(12,13)14/h2-5H,1H3,(H,15,18). The Morgan fingerprint density at radius 1 is 1.30 bits per heavy atom. The highest BCUT2D eigenvalue weighted by Gasteiger charge is 2.38. The van der Waals surface area contributed by atoms with Crippen LogP contribution in [0.15, 0.2) is 28.8 Å². The third kappa shape index (κ3) is 3.05. The number of halogens is 3. The molecule has 1 N–H and O–H groups in total. The summed E-state index contributed by atoms with van der Waals surface area (Å²) in [4.78, 5) is 14.2. The second-order valence-electron chi connectivity index (χ2n) is 3.58. The zero-order chi connectivity index (χ0) is 14.8. The summed E-state index contributed by atoms with van der Waals surface area (Å²) in [5.74, 6) is -1.39. The van der Waals surface area contributed by atoms with E-state index in [-0.39, 0.29) is 11.6 Å². The van der Waals surface area contributed by atoms with Gasteiger partial charge >= 0.3 is 18.2 Å². The van der Waals surface area contributed by atoms with Crippen LogP contribution < -0.4 is 10.1 Å². The lowest BCUT2D eigenvalue weighted by Crippen LogP contribution is -2.21. The predicted molar refractivity (Wildman–Crippen MR) is 59.8 cm³/mol. The van der Waals surface area contributed by atoms with Crippen molar-refractivity contribution in [1.29, 1.82) is 0 Å². The van der Waals surface area contributed by atoms with E-state index in [0.29, 0.717) is 5.56 Å². The maximum Gasteiger partial charge on any atom is 0.471 e. The minimum absolute atomic E-state index is 0.205. The quantitative estimate of drug-likeness (QED) is 0.918. The van der Waals surface area contributed by atoms with E-state index in [1.165, 1.54) is 31.3 Å². The Kier molecular flexibility index (Phi) is 3.59. The van der Waals surface area contributed by atoms with Crippen molar-refractivity contribution in [3.05, 3.63) is 30.2 Å². The number of alkyl halides is 3. The normalized spacial score (nSPS) is 11.2. The summed E-state index contributed by atoms with van der Waals surface area (Å²) in [6.45, 7) is 0. The molecule has 1 heterocycles. The predicted octanol–water partition coefficient (Wildman–Crippen LogP) is 2.47. The summed E-state index contributed by atoms with van der Waals surface area (Å²) in [7, 11) is 1.40. The van der Waals surface area contributed by atoms with E-state index in [4.69, 9.17) is 4.74 Å². The van der Waals surface area contributed by atoms with Gasteiger partial charge in [0.15, 0.2) is 0 Å². The van der Waals surface area contributed by atoms with E-state index < -0.39 is 18.2 Å². The number of carbonyl (C=O) groups is 1. The van der Waals surface area contributed by atoms with E-state index in [1.54, 1.807) is 0 Å². The Hall–Kier alpha value is -2.58. The number of rotatable bonds is 2. The molecule has 106 valence electrons. The average molecular weight is 287 g/mol. The molecule has 0 aliphatic carbocycles. The van der Waals surface area contributed by atoms with Crippen molar-refractivity contribution in [2.75, 3.05) is 7.05 Å². The van der Waals surface area contributed by atoms with Crippen molar-refractivity contribution in [1.82, 2.24) is 15.5 Å². The number of benzene rings is 1. The first-order chi connectivity index (χ1) is 9.40. The zero-order valence-electron chi connectivity index (χ0n) is 10.1. The number of aromatic nitrogens is 2. The molecule has 0 saturated carbocycles. The lowest BCUT2D eigenvalue weighted by atomic mass is 10.2. The average Bonchev–Trinajstić information content (AvgIpc) is 2.89. The molecule has 6 nitrogen and oxygen atoms in total. The van der Waals surface area contributed by atoms with E-state index in [0.717, 1.165) is 0 Å². The van der Waals surface area contributed by atoms with Crippen LogP contribution in [-0.4, -0.2) is 23.3 Å². The first kappa shape index (κ1) is 13.8. The Morgan fingerprint density at radius 2 is 1.95 bits per heavy atom. The molecule has 9 heteroatoms. The largest absolute Gasteiger partial charge is 0.471 e. The number of hydrogen-bond acceptors (Lipinski definition) is 5. The monoisotopic (exact) mass is 287 g/mol. The molecule has 0 aliphatic rings. The van der Waals surface area contributed by atoms with Crippen LogP contribution in [0.2, 0.25) is 0 Å². The molecule has 1 aromatic heterocycles. The molecular weight excluding hydrogens is 279 g/mol. The van der Waals surface area contributed by atoms with Gasteiger partial charge < -0.3 is 14.6 Å². The maximum absolute atomic E-state index is 12.3. The first-order valence-electron chi connectivity index (χ1n) is 5.31. The fourth-order valence-corrected chi connectivity index (χ4v) is 1.29. The Balaban J connectivity index is 2.18. The van der Waals surface area contributed by atoms with Crippen LogP contribution in [0, 0.1) is 0 Å². The van der Waals surface area contributed by atoms with Gasteiger partial charge in [-0.1, -0.05) is 5.16 Å². The number of amides is 1. The van der Waals surface area contributed by atoms with Crippen LogP contribution in [0.3, 0.4) is 0 Å². The number of nitrogens with one attached hydrogen (secondary N) is 1. The summed E-state index contributed by atoms with van der Waals surface area (Å²) in [6, 6.07) is 5.61. The van der Waals surface area contributed by atoms with Crippen molar-refractivity contribution in [2.24, 2.45) is 0 Å². The van der Waals surface area contributed by atoms with E-state index in [1.807, 2.05) is 0 Å². The number of nitrogens with zero attached hydrogens (tertiary/aromatic N) is 2. The zero-order valence-corrected chi connectivity index (χ0v) is 10.1. The van der Waals surface area contributed by atoms with Gasteiger partial charge in [-0.2, -0.15) is 18.2 Å². The van der Waals surface area contributed by atoms with Crippen LogP contribution in [0.1, 0.15) is 5.89 Å². The fraction of sp³-hybridized carbons (Fsp3) is 0.182. The molecule has 0 bridgehead atoms. The SMILES string of the molecule is CNC(=O)Oc1ccc(-c2noc(C(F)(F)F)n2)cc1. The highest BCUT2D eigenvalue weighted by Crippen LogP contribution is 2.29. The van der Waals surface area contributed by atoms with Crippen LogP contribution in [0.5, 0.6) is 5.75 Å². The second kappa shape index (κ2) is 5.19. The highest BCUT2D eigenvalue weighted by molar-refractivity contribution is 5.70. The van der Waals surface area contributed by atoms with Gasteiger partial charge in [-0.25, -0.2) is 4.79 Å². The highest BCUT2D eigenvalue weighted by atomic mass is 19.4. The molecule has 2 rings (SSSR count). The van der Waals surface area contributed by atoms with Gasteiger partial charge in [-0.05, 0) is 24.3 Å². The van der Waals surface area contributed by atoms with Gasteiger partial charge in [-0.3, -0.25) is 0 Å². The lowest BCUT2D eigenvalue weighted by molar-refractivity contribution is -0.159. The molecule has 20 heavy (non-hydrogen) atoms. The van der Waals surface area contributed by atoms with E-state index in [9.17, 15) is 18.0 Å². The Morgan fingerprint density at radius 3 is 2.45 bits per heavy atom. The number of hydrogen-bond donors (Lipinski definition) is 1. The summed E-state index contributed by atoms with van der Waals surface area (Å²) in [6.07, 6.45) is -5.34. The smallest absolute Gasteiger partial charge is 0.410 e. The molecule has 1 amide bonds. The van der Waals surface area contributed by atoms with Crippen molar-refractivity contribution in [3.63, 3.8) is 0 Å². The van der Waals surface area contributed by atoms with Crippen molar-refractivity contribution < 1.29 is 27.2 Å². The molecular formula is C11H8F3N3O3. The minimum Gasteiger partial charge on any atom is -0.410 e. The summed E-state index contributed by atoms with van der Waals surface area (Å²) < 4.78 is 45.8. The topological polar surface area (TPSA) is 77.2 Å². The lowest BCUT2D eigenvalue weighted by Gasteiger charge is -2.03. The van der Waals surface area contributed by atoms with Crippen LogP contribution in [0.4, 0.5) is 18.0 Å². The molecule has 0 fully saturated rings. The molecule has 0 unspecified atom stereocenters.